The Morgan fingerprint density at radius 3 is 1.85 bits per heavy atom. The quantitative estimate of drug-likeness (QED) is 0.451. The van der Waals surface area contributed by atoms with Crippen molar-refractivity contribution in [2.24, 2.45) is 0 Å². The first-order chi connectivity index (χ1) is 9.81. The molecular formula is C17H35NO2. The van der Waals surface area contributed by atoms with Crippen molar-refractivity contribution in [3.05, 3.63) is 0 Å². The topological polar surface area (TPSA) is 38.3 Å². The summed E-state index contributed by atoms with van der Waals surface area (Å²) in [6, 6.07) is 0. The van der Waals surface area contributed by atoms with E-state index >= 15 is 0 Å². The average molecular weight is 285 g/mol. The molecule has 0 aliphatic rings. The molecule has 0 aliphatic heterocycles. The molecule has 1 N–H and O–H groups in total. The van der Waals surface area contributed by atoms with Gasteiger partial charge in [0.25, 0.3) is 0 Å². The van der Waals surface area contributed by atoms with Gasteiger partial charge in [-0.25, -0.2) is 0 Å². The van der Waals surface area contributed by atoms with Gasteiger partial charge < -0.3 is 10.1 Å². The molecule has 120 valence electrons. The van der Waals surface area contributed by atoms with E-state index in [9.17, 15) is 4.79 Å². The Balaban J connectivity index is 2.97. The van der Waals surface area contributed by atoms with Crippen molar-refractivity contribution in [3.8, 4) is 0 Å². The van der Waals surface area contributed by atoms with Crippen LogP contribution in [-0.4, -0.2) is 26.2 Å². The summed E-state index contributed by atoms with van der Waals surface area (Å²) < 4.78 is 5.52. The Morgan fingerprint density at radius 1 is 0.800 bits per heavy atom. The number of amides is 1. The Hall–Kier alpha value is -0.570. The zero-order chi connectivity index (χ0) is 14.9. The highest BCUT2D eigenvalue weighted by Gasteiger charge is 1.97. The molecule has 0 spiro atoms. The highest BCUT2D eigenvalue weighted by atomic mass is 16.5. The van der Waals surface area contributed by atoms with E-state index in [4.69, 9.17) is 4.74 Å². The molecule has 0 radical (unpaired) electrons. The highest BCUT2D eigenvalue weighted by molar-refractivity contribution is 5.75. The Morgan fingerprint density at radius 2 is 1.30 bits per heavy atom. The van der Waals surface area contributed by atoms with Gasteiger partial charge in [0.05, 0.1) is 0 Å². The van der Waals surface area contributed by atoms with Gasteiger partial charge >= 0.3 is 0 Å². The predicted octanol–water partition coefficient (Wildman–Crippen LogP) is 4.45. The predicted molar refractivity (Wildman–Crippen MR) is 86.0 cm³/mol. The van der Waals surface area contributed by atoms with Gasteiger partial charge in [-0.15, -0.1) is 0 Å². The van der Waals surface area contributed by atoms with E-state index in [0.29, 0.717) is 13.0 Å². The summed E-state index contributed by atoms with van der Waals surface area (Å²) in [7, 11) is 1.67. The third-order valence-corrected chi connectivity index (χ3v) is 3.61. The fourth-order valence-corrected chi connectivity index (χ4v) is 2.25. The minimum atomic E-state index is 0.104. The molecule has 0 rings (SSSR count). The van der Waals surface area contributed by atoms with Gasteiger partial charge in [0.15, 0.2) is 0 Å². The van der Waals surface area contributed by atoms with Crippen LogP contribution in [-0.2, 0) is 9.53 Å². The molecule has 20 heavy (non-hydrogen) atoms. The molecule has 0 bridgehead atoms. The van der Waals surface area contributed by atoms with Crippen LogP contribution in [0.25, 0.3) is 0 Å². The second kappa shape index (κ2) is 16.5. The first-order valence-electron chi connectivity index (χ1n) is 8.59. The standard InChI is InChI=1S/C17H35NO2/c1-3-4-5-6-7-8-9-10-11-12-15-20-16-13-14-17(19)18-2/h3-16H2,1-2H3,(H,18,19). The number of ether oxygens (including phenoxy) is 1. The summed E-state index contributed by atoms with van der Waals surface area (Å²) >= 11 is 0. The summed E-state index contributed by atoms with van der Waals surface area (Å²) in [5, 5.41) is 2.62. The fraction of sp³-hybridized carbons (Fsp3) is 0.941. The highest BCUT2D eigenvalue weighted by Crippen LogP contribution is 2.10. The van der Waals surface area contributed by atoms with Crippen molar-refractivity contribution < 1.29 is 9.53 Å². The van der Waals surface area contributed by atoms with Gasteiger partial charge in [0.2, 0.25) is 5.91 Å². The smallest absolute Gasteiger partial charge is 0.219 e. The summed E-state index contributed by atoms with van der Waals surface area (Å²) in [5.41, 5.74) is 0. The molecule has 0 saturated carbocycles. The number of hydrogen-bond acceptors (Lipinski definition) is 2. The number of carbonyl (C=O) groups is 1. The molecule has 0 aromatic rings. The number of carbonyl (C=O) groups excluding carboxylic acids is 1. The van der Waals surface area contributed by atoms with Crippen LogP contribution in [0.4, 0.5) is 0 Å². The van der Waals surface area contributed by atoms with Crippen molar-refractivity contribution in [1.82, 2.24) is 5.32 Å². The summed E-state index contributed by atoms with van der Waals surface area (Å²) in [4.78, 5) is 11.0. The van der Waals surface area contributed by atoms with Crippen LogP contribution in [0.5, 0.6) is 0 Å². The second-order valence-corrected chi connectivity index (χ2v) is 5.57. The van der Waals surface area contributed by atoms with E-state index < -0.39 is 0 Å². The number of hydrogen-bond donors (Lipinski definition) is 1. The zero-order valence-corrected chi connectivity index (χ0v) is 13.7. The lowest BCUT2D eigenvalue weighted by atomic mass is 10.1. The van der Waals surface area contributed by atoms with Crippen LogP contribution >= 0.6 is 0 Å². The van der Waals surface area contributed by atoms with Crippen LogP contribution in [0.2, 0.25) is 0 Å². The van der Waals surface area contributed by atoms with Crippen LogP contribution < -0.4 is 5.32 Å². The Kier molecular flexibility index (Phi) is 16.0. The minimum Gasteiger partial charge on any atom is -0.381 e. The lowest BCUT2D eigenvalue weighted by Gasteiger charge is -2.04. The van der Waals surface area contributed by atoms with E-state index in [0.717, 1.165) is 19.4 Å². The summed E-state index contributed by atoms with van der Waals surface area (Å²) in [5.74, 6) is 0.104. The maximum atomic E-state index is 11.0. The van der Waals surface area contributed by atoms with Crippen LogP contribution in [0.3, 0.4) is 0 Å². The molecule has 0 aromatic carbocycles. The normalized spacial score (nSPS) is 10.7. The second-order valence-electron chi connectivity index (χ2n) is 5.57. The molecule has 0 atom stereocenters. The summed E-state index contributed by atoms with van der Waals surface area (Å²) in [6.45, 7) is 3.83. The first-order valence-corrected chi connectivity index (χ1v) is 8.59. The van der Waals surface area contributed by atoms with Gasteiger partial charge in [0, 0.05) is 26.7 Å². The zero-order valence-electron chi connectivity index (χ0n) is 13.7. The number of unbranched alkanes of at least 4 members (excludes halogenated alkanes) is 9. The molecule has 1 amide bonds. The van der Waals surface area contributed by atoms with Gasteiger partial charge in [-0.3, -0.25) is 4.79 Å². The van der Waals surface area contributed by atoms with Crippen LogP contribution in [0.1, 0.15) is 84.0 Å². The molecule has 0 fully saturated rings. The lowest BCUT2D eigenvalue weighted by Crippen LogP contribution is -2.17. The Labute approximate surface area is 125 Å². The van der Waals surface area contributed by atoms with E-state index in [1.165, 1.54) is 57.8 Å². The monoisotopic (exact) mass is 285 g/mol. The van der Waals surface area contributed by atoms with Gasteiger partial charge in [-0.2, -0.15) is 0 Å². The molecule has 0 aromatic heterocycles. The third-order valence-electron chi connectivity index (χ3n) is 3.61. The molecule has 3 heteroatoms. The molecule has 0 unspecified atom stereocenters. The van der Waals surface area contributed by atoms with E-state index in [2.05, 4.69) is 12.2 Å². The minimum absolute atomic E-state index is 0.104. The van der Waals surface area contributed by atoms with Crippen molar-refractivity contribution in [1.29, 1.82) is 0 Å². The first kappa shape index (κ1) is 19.4. The summed E-state index contributed by atoms with van der Waals surface area (Å²) in [6.07, 6.45) is 15.0. The van der Waals surface area contributed by atoms with E-state index in [1.807, 2.05) is 0 Å². The van der Waals surface area contributed by atoms with Crippen molar-refractivity contribution in [3.63, 3.8) is 0 Å². The SMILES string of the molecule is CCCCCCCCCCCCOCCCC(=O)NC. The van der Waals surface area contributed by atoms with Crippen molar-refractivity contribution >= 4 is 5.91 Å². The molecule has 3 nitrogen and oxygen atoms in total. The van der Waals surface area contributed by atoms with Crippen LogP contribution in [0.15, 0.2) is 0 Å². The van der Waals surface area contributed by atoms with Crippen molar-refractivity contribution in [2.45, 2.75) is 84.0 Å². The maximum absolute atomic E-state index is 11.0. The molecule has 0 heterocycles. The fourth-order valence-electron chi connectivity index (χ4n) is 2.25. The average Bonchev–Trinajstić information content (AvgIpc) is 2.47. The van der Waals surface area contributed by atoms with Crippen LogP contribution in [0, 0.1) is 0 Å². The van der Waals surface area contributed by atoms with Gasteiger partial charge in [-0.05, 0) is 12.8 Å². The molecule has 0 saturated heterocycles. The van der Waals surface area contributed by atoms with Crippen molar-refractivity contribution in [2.75, 3.05) is 20.3 Å². The molecular weight excluding hydrogens is 250 g/mol. The van der Waals surface area contributed by atoms with Gasteiger partial charge in [-0.1, -0.05) is 64.7 Å². The van der Waals surface area contributed by atoms with E-state index in [1.54, 1.807) is 7.05 Å². The largest absolute Gasteiger partial charge is 0.381 e. The maximum Gasteiger partial charge on any atom is 0.219 e. The Bertz CT molecular complexity index is 207. The lowest BCUT2D eigenvalue weighted by molar-refractivity contribution is -0.120. The third kappa shape index (κ3) is 15.5. The number of rotatable bonds is 15. The molecule has 0 aliphatic carbocycles. The van der Waals surface area contributed by atoms with Gasteiger partial charge in [0.1, 0.15) is 0 Å². The van der Waals surface area contributed by atoms with E-state index in [-0.39, 0.29) is 5.91 Å². The number of nitrogens with one attached hydrogen (secondary N) is 1.